The number of carbonyl (C=O) groups excluding carboxylic acids is 1. The minimum atomic E-state index is 0.0392. The van der Waals surface area contributed by atoms with E-state index >= 15 is 0 Å². The molecule has 1 amide bonds. The van der Waals surface area contributed by atoms with Gasteiger partial charge in [0, 0.05) is 19.6 Å². The Morgan fingerprint density at radius 1 is 0.871 bits per heavy atom. The molecule has 3 aromatic carbocycles. The zero-order chi connectivity index (χ0) is 21.6. The first kappa shape index (κ1) is 20.9. The van der Waals surface area contributed by atoms with E-state index in [4.69, 9.17) is 9.47 Å². The van der Waals surface area contributed by atoms with E-state index < -0.39 is 0 Å². The maximum absolute atomic E-state index is 12.7. The van der Waals surface area contributed by atoms with Gasteiger partial charge in [-0.2, -0.15) is 0 Å². The molecule has 0 aliphatic carbocycles. The van der Waals surface area contributed by atoms with E-state index in [0.29, 0.717) is 24.6 Å². The van der Waals surface area contributed by atoms with E-state index in [-0.39, 0.29) is 5.91 Å². The highest BCUT2D eigenvalue weighted by molar-refractivity contribution is 5.78. The number of amides is 1. The lowest BCUT2D eigenvalue weighted by Crippen LogP contribution is -2.37. The summed E-state index contributed by atoms with van der Waals surface area (Å²) in [6.07, 6.45) is 0.734. The number of ether oxygens (including phenoxy) is 2. The zero-order valence-electron chi connectivity index (χ0n) is 18.1. The van der Waals surface area contributed by atoms with E-state index in [9.17, 15) is 4.79 Å². The quantitative estimate of drug-likeness (QED) is 0.632. The Hall–Kier alpha value is -3.31. The van der Waals surface area contributed by atoms with Gasteiger partial charge in [-0.1, -0.05) is 54.6 Å². The summed E-state index contributed by atoms with van der Waals surface area (Å²) in [4.78, 5) is 14.9. The van der Waals surface area contributed by atoms with Crippen LogP contribution in [0.1, 0.15) is 16.7 Å². The highest BCUT2D eigenvalue weighted by Crippen LogP contribution is 2.32. The van der Waals surface area contributed by atoms with Gasteiger partial charge in [0.1, 0.15) is 0 Å². The van der Waals surface area contributed by atoms with Crippen molar-refractivity contribution in [1.29, 1.82) is 0 Å². The molecule has 0 fully saturated rings. The Balaban J connectivity index is 1.37. The lowest BCUT2D eigenvalue weighted by atomic mass is 9.97. The second kappa shape index (κ2) is 9.67. The molecule has 1 aliphatic heterocycles. The molecule has 0 atom stereocenters. The molecular formula is C26H28N2O3. The highest BCUT2D eigenvalue weighted by Gasteiger charge is 2.20. The Labute approximate surface area is 183 Å². The van der Waals surface area contributed by atoms with Crippen LogP contribution in [0, 0.1) is 0 Å². The van der Waals surface area contributed by atoms with Gasteiger partial charge in [0.15, 0.2) is 11.5 Å². The van der Waals surface area contributed by atoms with Gasteiger partial charge in [0.2, 0.25) is 5.91 Å². The zero-order valence-corrected chi connectivity index (χ0v) is 18.1. The molecule has 1 aliphatic rings. The first-order chi connectivity index (χ1) is 15.2. The lowest BCUT2D eigenvalue weighted by Gasteiger charge is -2.20. The predicted octanol–water partition coefficient (Wildman–Crippen LogP) is 4.05. The SMILES string of the molecule is COc1ccc(CCNC(=O)CN2Cc3ccccc3-c3ccccc3C2)cc1OC. The van der Waals surface area contributed by atoms with E-state index in [0.717, 1.165) is 25.1 Å². The van der Waals surface area contributed by atoms with Crippen molar-refractivity contribution in [3.63, 3.8) is 0 Å². The van der Waals surface area contributed by atoms with Gasteiger partial charge in [-0.05, 0) is 46.4 Å². The minimum absolute atomic E-state index is 0.0392. The van der Waals surface area contributed by atoms with Gasteiger partial charge >= 0.3 is 0 Å². The van der Waals surface area contributed by atoms with Crippen molar-refractivity contribution in [1.82, 2.24) is 10.2 Å². The summed E-state index contributed by atoms with van der Waals surface area (Å²) < 4.78 is 10.6. The number of hydrogen-bond acceptors (Lipinski definition) is 4. The van der Waals surface area contributed by atoms with Crippen LogP contribution in [0.25, 0.3) is 11.1 Å². The van der Waals surface area contributed by atoms with E-state index in [1.165, 1.54) is 22.3 Å². The Morgan fingerprint density at radius 3 is 2.10 bits per heavy atom. The van der Waals surface area contributed by atoms with Crippen molar-refractivity contribution < 1.29 is 14.3 Å². The van der Waals surface area contributed by atoms with Crippen molar-refractivity contribution >= 4 is 5.91 Å². The topological polar surface area (TPSA) is 50.8 Å². The Kier molecular flexibility index (Phi) is 6.53. The molecule has 5 heteroatoms. The summed E-state index contributed by atoms with van der Waals surface area (Å²) in [5.41, 5.74) is 6.12. The number of rotatable bonds is 7. The maximum atomic E-state index is 12.7. The first-order valence-corrected chi connectivity index (χ1v) is 10.5. The fourth-order valence-corrected chi connectivity index (χ4v) is 4.13. The van der Waals surface area contributed by atoms with Crippen LogP contribution in [0.5, 0.6) is 11.5 Å². The molecule has 1 heterocycles. The smallest absolute Gasteiger partial charge is 0.234 e. The van der Waals surface area contributed by atoms with Crippen LogP contribution in [-0.2, 0) is 24.3 Å². The second-order valence-corrected chi connectivity index (χ2v) is 7.75. The van der Waals surface area contributed by atoms with Gasteiger partial charge in [0.05, 0.1) is 20.8 Å². The highest BCUT2D eigenvalue weighted by atomic mass is 16.5. The normalized spacial score (nSPS) is 13.0. The molecule has 3 aromatic rings. The summed E-state index contributed by atoms with van der Waals surface area (Å²) in [7, 11) is 3.25. The number of benzene rings is 3. The second-order valence-electron chi connectivity index (χ2n) is 7.75. The largest absolute Gasteiger partial charge is 0.493 e. The molecule has 0 bridgehead atoms. The fourth-order valence-electron chi connectivity index (χ4n) is 4.13. The van der Waals surface area contributed by atoms with E-state index in [1.54, 1.807) is 14.2 Å². The van der Waals surface area contributed by atoms with Crippen molar-refractivity contribution in [3.05, 3.63) is 83.4 Å². The molecule has 0 saturated heterocycles. The molecule has 1 N–H and O–H groups in total. The standard InChI is InChI=1S/C26H28N2O3/c1-30-24-12-11-19(15-25(24)31-2)13-14-27-26(29)18-28-16-20-7-3-5-9-22(20)23-10-6-4-8-21(23)17-28/h3-12,15H,13-14,16-18H2,1-2H3,(H,27,29). The number of hydrogen-bond donors (Lipinski definition) is 1. The summed E-state index contributed by atoms with van der Waals surface area (Å²) in [5, 5.41) is 3.06. The average Bonchev–Trinajstić information content (AvgIpc) is 2.95. The third-order valence-electron chi connectivity index (χ3n) is 5.66. The van der Waals surface area contributed by atoms with Crippen LogP contribution in [0.3, 0.4) is 0 Å². The lowest BCUT2D eigenvalue weighted by molar-refractivity contribution is -0.122. The van der Waals surface area contributed by atoms with Gasteiger partial charge in [0.25, 0.3) is 0 Å². The van der Waals surface area contributed by atoms with Crippen LogP contribution >= 0.6 is 0 Å². The van der Waals surface area contributed by atoms with Crippen LogP contribution in [-0.4, -0.2) is 38.1 Å². The molecule has 0 spiro atoms. The Bertz CT molecular complexity index is 1020. The van der Waals surface area contributed by atoms with Crippen molar-refractivity contribution in [3.8, 4) is 22.6 Å². The summed E-state index contributed by atoms with van der Waals surface area (Å²) in [5.74, 6) is 1.45. The van der Waals surface area contributed by atoms with Crippen LogP contribution in [0.2, 0.25) is 0 Å². The van der Waals surface area contributed by atoms with Gasteiger partial charge in [-0.3, -0.25) is 9.69 Å². The predicted molar refractivity (Wildman–Crippen MR) is 122 cm³/mol. The molecule has 0 saturated carbocycles. The number of carbonyl (C=O) groups is 1. The molecule has 0 radical (unpaired) electrons. The molecule has 31 heavy (non-hydrogen) atoms. The first-order valence-electron chi connectivity index (χ1n) is 10.5. The summed E-state index contributed by atoms with van der Waals surface area (Å²) in [6.45, 7) is 2.46. The van der Waals surface area contributed by atoms with Gasteiger partial charge in [-0.15, -0.1) is 0 Å². The molecule has 0 aromatic heterocycles. The fraction of sp³-hybridized carbons (Fsp3) is 0.269. The third kappa shape index (κ3) is 4.89. The van der Waals surface area contributed by atoms with Gasteiger partial charge in [-0.25, -0.2) is 0 Å². The number of methoxy groups -OCH3 is 2. The molecular weight excluding hydrogens is 388 g/mol. The number of nitrogens with zero attached hydrogens (tertiary/aromatic N) is 1. The summed E-state index contributed by atoms with van der Waals surface area (Å²) >= 11 is 0. The van der Waals surface area contributed by atoms with Gasteiger partial charge < -0.3 is 14.8 Å². The van der Waals surface area contributed by atoms with Crippen LogP contribution in [0.4, 0.5) is 0 Å². The number of nitrogens with one attached hydrogen (secondary N) is 1. The van der Waals surface area contributed by atoms with Crippen LogP contribution in [0.15, 0.2) is 66.7 Å². The van der Waals surface area contributed by atoms with Crippen molar-refractivity contribution in [2.75, 3.05) is 27.3 Å². The van der Waals surface area contributed by atoms with Crippen molar-refractivity contribution in [2.45, 2.75) is 19.5 Å². The average molecular weight is 417 g/mol. The van der Waals surface area contributed by atoms with E-state index in [1.807, 2.05) is 18.2 Å². The van der Waals surface area contributed by atoms with E-state index in [2.05, 4.69) is 58.7 Å². The molecule has 160 valence electrons. The molecule has 0 unspecified atom stereocenters. The molecule has 5 nitrogen and oxygen atoms in total. The third-order valence-corrected chi connectivity index (χ3v) is 5.66. The number of fused-ring (bicyclic) bond motifs is 3. The van der Waals surface area contributed by atoms with Crippen LogP contribution < -0.4 is 14.8 Å². The minimum Gasteiger partial charge on any atom is -0.493 e. The monoisotopic (exact) mass is 416 g/mol. The maximum Gasteiger partial charge on any atom is 0.234 e. The molecule has 4 rings (SSSR count). The Morgan fingerprint density at radius 2 is 1.48 bits per heavy atom. The van der Waals surface area contributed by atoms with Crippen molar-refractivity contribution in [2.24, 2.45) is 0 Å². The summed E-state index contributed by atoms with van der Waals surface area (Å²) in [6, 6.07) is 22.8.